The van der Waals surface area contributed by atoms with E-state index in [0.29, 0.717) is 29.0 Å². The molecule has 200 valence electrons. The maximum absolute atomic E-state index is 15.1. The zero-order valence-electron chi connectivity index (χ0n) is 20.9. The Morgan fingerprint density at radius 3 is 2.71 bits per heavy atom. The molecular weight excluding hydrogens is 497 g/mol. The summed E-state index contributed by atoms with van der Waals surface area (Å²) < 4.78 is 25.6. The molecule has 13 heteroatoms. The number of halogens is 1. The third kappa shape index (κ3) is 6.41. The quantitative estimate of drug-likeness (QED) is 0.342. The van der Waals surface area contributed by atoms with E-state index in [2.05, 4.69) is 31.3 Å². The maximum Gasteiger partial charge on any atom is 0.414 e. The van der Waals surface area contributed by atoms with E-state index in [1.807, 2.05) is 6.92 Å². The molecule has 1 unspecified atom stereocenters. The highest BCUT2D eigenvalue weighted by molar-refractivity contribution is 5.90. The van der Waals surface area contributed by atoms with Crippen molar-refractivity contribution in [1.29, 1.82) is 0 Å². The van der Waals surface area contributed by atoms with Crippen LogP contribution in [-0.4, -0.2) is 64.5 Å². The van der Waals surface area contributed by atoms with Crippen molar-refractivity contribution in [3.8, 4) is 11.1 Å². The monoisotopic (exact) mass is 525 g/mol. The summed E-state index contributed by atoms with van der Waals surface area (Å²) >= 11 is 0. The van der Waals surface area contributed by atoms with E-state index in [4.69, 9.17) is 9.47 Å². The smallest absolute Gasteiger partial charge is 0.414 e. The van der Waals surface area contributed by atoms with Gasteiger partial charge in [0.05, 0.1) is 25.4 Å². The van der Waals surface area contributed by atoms with Crippen LogP contribution in [0.25, 0.3) is 11.1 Å². The number of anilines is 1. The fourth-order valence-corrected chi connectivity index (χ4v) is 3.91. The van der Waals surface area contributed by atoms with Crippen LogP contribution in [0.15, 0.2) is 42.5 Å². The molecule has 3 aromatic rings. The molecule has 0 bridgehead atoms. The first-order valence-electron chi connectivity index (χ1n) is 12.1. The lowest BCUT2D eigenvalue weighted by atomic mass is 9.99. The van der Waals surface area contributed by atoms with Gasteiger partial charge in [0.1, 0.15) is 18.0 Å². The number of aromatic amines is 1. The van der Waals surface area contributed by atoms with E-state index in [1.54, 1.807) is 36.4 Å². The molecule has 0 saturated carbocycles. The third-order valence-electron chi connectivity index (χ3n) is 5.89. The number of nitrogens with one attached hydrogen (secondary N) is 3. The second-order valence-corrected chi connectivity index (χ2v) is 8.68. The second-order valence-electron chi connectivity index (χ2n) is 8.68. The summed E-state index contributed by atoms with van der Waals surface area (Å²) in [7, 11) is 0. The minimum atomic E-state index is -0.726. The number of aromatic nitrogens is 4. The summed E-state index contributed by atoms with van der Waals surface area (Å²) in [5.74, 6) is -0.511. The van der Waals surface area contributed by atoms with Gasteiger partial charge in [-0.1, -0.05) is 42.8 Å². The summed E-state index contributed by atoms with van der Waals surface area (Å²) in [4.78, 5) is 37.0. The molecule has 0 radical (unpaired) electrons. The molecular formula is C25H28FN7O5. The minimum absolute atomic E-state index is 0.181. The van der Waals surface area contributed by atoms with E-state index < -0.39 is 30.1 Å². The van der Waals surface area contributed by atoms with Gasteiger partial charge in [-0.25, -0.2) is 14.0 Å². The predicted octanol–water partition coefficient (Wildman–Crippen LogP) is 3.08. The number of alkyl carbamates (subject to hydrolysis) is 1. The van der Waals surface area contributed by atoms with Crippen LogP contribution in [0.4, 0.5) is 19.7 Å². The van der Waals surface area contributed by atoms with Crippen molar-refractivity contribution in [3.63, 3.8) is 0 Å². The van der Waals surface area contributed by atoms with Crippen molar-refractivity contribution in [2.45, 2.75) is 38.8 Å². The van der Waals surface area contributed by atoms with E-state index in [9.17, 15) is 14.4 Å². The lowest BCUT2D eigenvalue weighted by Crippen LogP contribution is -2.33. The molecule has 1 aliphatic heterocycles. The largest absolute Gasteiger partial charge is 0.450 e. The Kier molecular flexibility index (Phi) is 8.46. The fraction of sp³-hybridized carbons (Fsp3) is 0.360. The zero-order chi connectivity index (χ0) is 27.1. The van der Waals surface area contributed by atoms with Gasteiger partial charge in [-0.05, 0) is 35.7 Å². The van der Waals surface area contributed by atoms with E-state index in [-0.39, 0.29) is 24.8 Å². The van der Waals surface area contributed by atoms with Gasteiger partial charge in [-0.3, -0.25) is 9.69 Å². The average molecular weight is 526 g/mol. The minimum Gasteiger partial charge on any atom is -0.450 e. The number of hydrogen-bond acceptors (Lipinski definition) is 8. The molecule has 38 heavy (non-hydrogen) atoms. The van der Waals surface area contributed by atoms with Gasteiger partial charge < -0.3 is 20.1 Å². The number of benzene rings is 2. The van der Waals surface area contributed by atoms with Crippen LogP contribution < -0.4 is 15.5 Å². The Bertz CT molecular complexity index is 1270. The molecule has 0 aliphatic carbocycles. The lowest BCUT2D eigenvalue weighted by molar-refractivity contribution is -0.119. The van der Waals surface area contributed by atoms with Gasteiger partial charge in [-0.15, -0.1) is 10.2 Å². The van der Waals surface area contributed by atoms with Gasteiger partial charge in [0.25, 0.3) is 0 Å². The molecule has 1 fully saturated rings. The molecule has 1 aliphatic rings. The van der Waals surface area contributed by atoms with Crippen molar-refractivity contribution in [1.82, 2.24) is 31.3 Å². The predicted molar refractivity (Wildman–Crippen MR) is 134 cm³/mol. The van der Waals surface area contributed by atoms with Crippen LogP contribution in [0.3, 0.4) is 0 Å². The summed E-state index contributed by atoms with van der Waals surface area (Å²) in [5, 5.41) is 19.2. The second kappa shape index (κ2) is 12.1. The topological polar surface area (TPSA) is 151 Å². The Balaban J connectivity index is 1.48. The highest BCUT2D eigenvalue weighted by atomic mass is 19.1. The third-order valence-corrected chi connectivity index (χ3v) is 5.89. The molecule has 3 N–H and O–H groups in total. The summed E-state index contributed by atoms with van der Waals surface area (Å²) in [6.07, 6.45) is -0.104. The number of carbonyl (C=O) groups is 3. The van der Waals surface area contributed by atoms with Crippen molar-refractivity contribution >= 4 is 23.8 Å². The van der Waals surface area contributed by atoms with Crippen molar-refractivity contribution in [2.24, 2.45) is 0 Å². The number of rotatable bonds is 10. The van der Waals surface area contributed by atoms with Gasteiger partial charge in [-0.2, -0.15) is 5.21 Å². The van der Waals surface area contributed by atoms with E-state index in [0.717, 1.165) is 12.8 Å². The number of tetrazole rings is 1. The van der Waals surface area contributed by atoms with Crippen molar-refractivity contribution < 1.29 is 28.2 Å². The number of nitrogens with zero attached hydrogens (tertiary/aromatic N) is 4. The summed E-state index contributed by atoms with van der Waals surface area (Å²) in [6, 6.07) is 10.6. The van der Waals surface area contributed by atoms with Gasteiger partial charge in [0, 0.05) is 12.5 Å². The molecule has 0 spiro atoms. The van der Waals surface area contributed by atoms with E-state index >= 15 is 4.39 Å². The first-order valence-corrected chi connectivity index (χ1v) is 12.1. The molecule has 1 saturated heterocycles. The number of ether oxygens (including phenoxy) is 2. The van der Waals surface area contributed by atoms with Crippen molar-refractivity contribution in [2.75, 3.05) is 24.6 Å². The summed E-state index contributed by atoms with van der Waals surface area (Å²) in [5.41, 5.74) is 1.90. The number of amides is 3. The zero-order valence-corrected chi connectivity index (χ0v) is 20.9. The molecule has 2 atom stereocenters. The number of cyclic esters (lactones) is 1. The van der Waals surface area contributed by atoms with Crippen LogP contribution >= 0.6 is 0 Å². The van der Waals surface area contributed by atoms with Gasteiger partial charge in [0.15, 0.2) is 0 Å². The fourth-order valence-electron chi connectivity index (χ4n) is 3.91. The van der Waals surface area contributed by atoms with Gasteiger partial charge in [0.2, 0.25) is 11.7 Å². The van der Waals surface area contributed by atoms with Crippen LogP contribution in [0.1, 0.15) is 44.1 Å². The standard InChI is InChI=1S/C25H28FN7O5/c1-3-4-11-37-24(35)28-22(23-29-31-32-30-23)17-7-5-16(6-8-17)20-10-9-18(12-21(20)26)33-14-19(38-25(33)36)13-27-15(2)34/h5-10,12,19,22H,3-4,11,13-14H2,1-2H3,(H,27,34)(H,28,35)(H,29,30,31,32)/t19-,22?/m0/s1. The number of H-pyrrole nitrogens is 1. The van der Waals surface area contributed by atoms with Gasteiger partial charge >= 0.3 is 12.2 Å². The first-order chi connectivity index (χ1) is 18.4. The first kappa shape index (κ1) is 26.5. The van der Waals surface area contributed by atoms with Crippen LogP contribution in [0.5, 0.6) is 0 Å². The molecule has 2 aromatic carbocycles. The Morgan fingerprint density at radius 1 is 1.26 bits per heavy atom. The Morgan fingerprint density at radius 2 is 2.05 bits per heavy atom. The molecule has 2 heterocycles. The number of unbranched alkanes of at least 4 members (excludes halogenated alkanes) is 1. The SMILES string of the molecule is CCCCOC(=O)NC(c1ccc(-c2ccc(N3C[C@H](CNC(C)=O)OC3=O)cc2F)cc1)c1nn[nH]n1. The van der Waals surface area contributed by atoms with Crippen molar-refractivity contribution in [3.05, 3.63) is 59.7 Å². The molecule has 12 nitrogen and oxygen atoms in total. The Labute approximate surface area is 217 Å². The summed E-state index contributed by atoms with van der Waals surface area (Å²) in [6.45, 7) is 4.03. The highest BCUT2D eigenvalue weighted by Crippen LogP contribution is 2.30. The number of carbonyl (C=O) groups excluding carboxylic acids is 3. The highest BCUT2D eigenvalue weighted by Gasteiger charge is 2.32. The van der Waals surface area contributed by atoms with E-state index in [1.165, 1.54) is 17.9 Å². The molecule has 4 rings (SSSR count). The van der Waals surface area contributed by atoms with Crippen LogP contribution in [0, 0.1) is 5.82 Å². The van der Waals surface area contributed by atoms with Crippen LogP contribution in [0.2, 0.25) is 0 Å². The maximum atomic E-state index is 15.1. The van der Waals surface area contributed by atoms with Crippen LogP contribution in [-0.2, 0) is 14.3 Å². The Hall–Kier alpha value is -4.55. The average Bonchev–Trinajstić information content (AvgIpc) is 3.56. The molecule has 1 aromatic heterocycles. The number of hydrogen-bond donors (Lipinski definition) is 3. The molecule has 3 amide bonds. The normalized spacial score (nSPS) is 15.6. The lowest BCUT2D eigenvalue weighted by Gasteiger charge is -2.17.